The molecule has 4 heteroatoms. The molecule has 0 aliphatic carbocycles. The third-order valence-electron chi connectivity index (χ3n) is 2.50. The fraction of sp³-hybridized carbons (Fsp3) is 0.700. The summed E-state index contributed by atoms with van der Waals surface area (Å²) in [6, 6.07) is 0.0969. The highest BCUT2D eigenvalue weighted by molar-refractivity contribution is 5.74. The number of hydrogen-bond donors (Lipinski definition) is 2. The first-order valence-corrected chi connectivity index (χ1v) is 4.97. The maximum absolute atomic E-state index is 11.6. The van der Waals surface area contributed by atoms with Gasteiger partial charge in [-0.2, -0.15) is 0 Å². The Morgan fingerprint density at radius 3 is 3.07 bits per heavy atom. The molecule has 1 unspecified atom stereocenters. The van der Waals surface area contributed by atoms with Crippen molar-refractivity contribution in [2.24, 2.45) is 5.73 Å². The van der Waals surface area contributed by atoms with E-state index in [4.69, 9.17) is 12.2 Å². The Kier molecular flexibility index (Phi) is 4.27. The van der Waals surface area contributed by atoms with Gasteiger partial charge in [0.15, 0.2) is 0 Å². The molecule has 78 valence electrons. The molecule has 1 saturated heterocycles. The summed E-state index contributed by atoms with van der Waals surface area (Å²) in [4.78, 5) is 13.4. The molecule has 0 saturated carbocycles. The molecular formula is C10H17N3O. The van der Waals surface area contributed by atoms with Crippen LogP contribution in [-0.2, 0) is 0 Å². The van der Waals surface area contributed by atoms with E-state index in [2.05, 4.69) is 11.2 Å². The summed E-state index contributed by atoms with van der Waals surface area (Å²) in [5, 5.41) is 2.66. The zero-order valence-electron chi connectivity index (χ0n) is 8.33. The molecule has 1 fully saturated rings. The van der Waals surface area contributed by atoms with Gasteiger partial charge in [-0.3, -0.25) is 0 Å². The number of urea groups is 1. The quantitative estimate of drug-likeness (QED) is 0.616. The van der Waals surface area contributed by atoms with E-state index < -0.39 is 0 Å². The van der Waals surface area contributed by atoms with Gasteiger partial charge in [-0.05, 0) is 19.3 Å². The normalized spacial score (nSPS) is 21.4. The van der Waals surface area contributed by atoms with Crippen LogP contribution in [0.5, 0.6) is 0 Å². The molecule has 0 aromatic carbocycles. The van der Waals surface area contributed by atoms with Crippen molar-refractivity contribution in [3.05, 3.63) is 0 Å². The number of likely N-dealkylation sites (tertiary alicyclic amines) is 1. The number of nitrogens with two attached hydrogens (primary N) is 1. The highest BCUT2D eigenvalue weighted by Crippen LogP contribution is 2.15. The second-order valence-corrected chi connectivity index (χ2v) is 3.44. The Labute approximate surface area is 84.8 Å². The maximum atomic E-state index is 11.6. The van der Waals surface area contributed by atoms with E-state index in [0.29, 0.717) is 6.54 Å². The summed E-state index contributed by atoms with van der Waals surface area (Å²) in [6.45, 7) is 1.61. The van der Waals surface area contributed by atoms with Crippen LogP contribution in [0, 0.1) is 12.3 Å². The molecule has 1 rings (SSSR count). The fourth-order valence-electron chi connectivity index (χ4n) is 1.74. The maximum Gasteiger partial charge on any atom is 0.318 e. The lowest BCUT2D eigenvalue weighted by Crippen LogP contribution is -2.51. The van der Waals surface area contributed by atoms with E-state index in [1.807, 2.05) is 0 Å². The van der Waals surface area contributed by atoms with Crippen molar-refractivity contribution in [2.75, 3.05) is 19.6 Å². The van der Waals surface area contributed by atoms with Gasteiger partial charge in [0.2, 0.25) is 0 Å². The molecule has 1 aliphatic heterocycles. The van der Waals surface area contributed by atoms with Gasteiger partial charge < -0.3 is 16.0 Å². The molecule has 14 heavy (non-hydrogen) atoms. The van der Waals surface area contributed by atoms with E-state index in [-0.39, 0.29) is 18.6 Å². The van der Waals surface area contributed by atoms with E-state index in [1.54, 1.807) is 4.90 Å². The summed E-state index contributed by atoms with van der Waals surface area (Å²) in [5.41, 5.74) is 5.60. The van der Waals surface area contributed by atoms with Gasteiger partial charge in [-0.15, -0.1) is 6.42 Å². The Bertz CT molecular complexity index is 234. The van der Waals surface area contributed by atoms with E-state index in [9.17, 15) is 4.79 Å². The molecule has 0 aromatic heterocycles. The number of hydrogen-bond acceptors (Lipinski definition) is 2. The molecule has 2 amide bonds. The number of nitrogens with one attached hydrogen (secondary N) is 1. The summed E-state index contributed by atoms with van der Waals surface area (Å²) in [6.07, 6.45) is 8.27. The molecule has 0 aromatic rings. The summed E-state index contributed by atoms with van der Waals surface area (Å²) >= 11 is 0. The average Bonchev–Trinajstić information content (AvgIpc) is 2.25. The van der Waals surface area contributed by atoms with Crippen molar-refractivity contribution in [2.45, 2.75) is 25.3 Å². The molecular weight excluding hydrogens is 178 g/mol. The van der Waals surface area contributed by atoms with Gasteiger partial charge in [0, 0.05) is 19.1 Å². The molecule has 1 heterocycles. The third kappa shape index (κ3) is 2.64. The summed E-state index contributed by atoms with van der Waals surface area (Å²) in [7, 11) is 0. The first-order chi connectivity index (χ1) is 6.79. The zero-order valence-corrected chi connectivity index (χ0v) is 8.33. The second kappa shape index (κ2) is 5.51. The minimum absolute atomic E-state index is 0.0851. The number of amides is 2. The van der Waals surface area contributed by atoms with E-state index >= 15 is 0 Å². The van der Waals surface area contributed by atoms with Crippen LogP contribution in [0.1, 0.15) is 19.3 Å². The van der Waals surface area contributed by atoms with Gasteiger partial charge in [0.1, 0.15) is 0 Å². The van der Waals surface area contributed by atoms with Crippen molar-refractivity contribution < 1.29 is 4.79 Å². The highest BCUT2D eigenvalue weighted by Gasteiger charge is 2.24. The second-order valence-electron chi connectivity index (χ2n) is 3.44. The number of terminal acetylenes is 1. The number of rotatable bonds is 2. The van der Waals surface area contributed by atoms with Crippen LogP contribution in [-0.4, -0.2) is 36.6 Å². The highest BCUT2D eigenvalue weighted by atomic mass is 16.2. The van der Waals surface area contributed by atoms with Crippen molar-refractivity contribution in [3.63, 3.8) is 0 Å². The van der Waals surface area contributed by atoms with Crippen LogP contribution in [0.4, 0.5) is 4.79 Å². The number of nitrogens with zero attached hydrogens (tertiary/aromatic N) is 1. The molecule has 0 radical (unpaired) electrons. The fourth-order valence-corrected chi connectivity index (χ4v) is 1.74. The molecule has 0 bridgehead atoms. The first kappa shape index (κ1) is 10.9. The monoisotopic (exact) mass is 195 g/mol. The van der Waals surface area contributed by atoms with Crippen LogP contribution >= 0.6 is 0 Å². The predicted octanol–water partition coefficient (Wildman–Crippen LogP) is 0.142. The largest absolute Gasteiger partial charge is 0.328 e. The van der Waals surface area contributed by atoms with Crippen LogP contribution in [0.15, 0.2) is 0 Å². The van der Waals surface area contributed by atoms with Gasteiger partial charge in [-0.25, -0.2) is 4.79 Å². The van der Waals surface area contributed by atoms with Crippen molar-refractivity contribution in [3.8, 4) is 12.3 Å². The topological polar surface area (TPSA) is 58.4 Å². The Morgan fingerprint density at radius 2 is 2.43 bits per heavy atom. The zero-order chi connectivity index (χ0) is 10.4. The third-order valence-corrected chi connectivity index (χ3v) is 2.50. The molecule has 4 nitrogen and oxygen atoms in total. The lowest BCUT2D eigenvalue weighted by atomic mass is 10.0. The summed E-state index contributed by atoms with van der Waals surface area (Å²) in [5.74, 6) is 2.38. The van der Waals surface area contributed by atoms with Gasteiger partial charge in [0.05, 0.1) is 6.54 Å². The Hall–Kier alpha value is -1.21. The molecule has 1 atom stereocenters. The summed E-state index contributed by atoms with van der Waals surface area (Å²) < 4.78 is 0. The van der Waals surface area contributed by atoms with Gasteiger partial charge in [0.25, 0.3) is 0 Å². The number of carbonyl (C=O) groups excluding carboxylic acids is 1. The Morgan fingerprint density at radius 1 is 1.64 bits per heavy atom. The minimum atomic E-state index is -0.0851. The average molecular weight is 195 g/mol. The van der Waals surface area contributed by atoms with E-state index in [0.717, 1.165) is 25.8 Å². The van der Waals surface area contributed by atoms with Crippen LogP contribution in [0.3, 0.4) is 0 Å². The predicted molar refractivity (Wildman–Crippen MR) is 55.6 cm³/mol. The van der Waals surface area contributed by atoms with Crippen molar-refractivity contribution in [1.82, 2.24) is 10.2 Å². The SMILES string of the molecule is C#CCNC(=O)N1CCCCC1CN. The first-order valence-electron chi connectivity index (χ1n) is 4.97. The van der Waals surface area contributed by atoms with Crippen LogP contribution in [0.25, 0.3) is 0 Å². The van der Waals surface area contributed by atoms with Crippen molar-refractivity contribution >= 4 is 6.03 Å². The van der Waals surface area contributed by atoms with Gasteiger partial charge >= 0.3 is 6.03 Å². The standard InChI is InChI=1S/C10H17N3O/c1-2-6-12-10(14)13-7-4-3-5-9(13)8-11/h1,9H,3-8,11H2,(H,12,14). The Balaban J connectivity index is 2.46. The number of piperidine rings is 1. The lowest BCUT2D eigenvalue weighted by Gasteiger charge is -2.34. The van der Waals surface area contributed by atoms with E-state index in [1.165, 1.54) is 0 Å². The smallest absolute Gasteiger partial charge is 0.318 e. The lowest BCUT2D eigenvalue weighted by molar-refractivity contribution is 0.155. The molecule has 0 spiro atoms. The van der Waals surface area contributed by atoms with Gasteiger partial charge in [-0.1, -0.05) is 5.92 Å². The minimum Gasteiger partial charge on any atom is -0.328 e. The van der Waals surface area contributed by atoms with Crippen LogP contribution < -0.4 is 11.1 Å². The van der Waals surface area contributed by atoms with Crippen LogP contribution in [0.2, 0.25) is 0 Å². The number of carbonyl (C=O) groups is 1. The van der Waals surface area contributed by atoms with Crippen molar-refractivity contribution in [1.29, 1.82) is 0 Å². The molecule has 1 aliphatic rings. The molecule has 3 N–H and O–H groups in total.